The molecule has 2 aromatic rings. The third-order valence-corrected chi connectivity index (χ3v) is 1.21. The van der Waals surface area contributed by atoms with Crippen LogP contribution in [0.1, 0.15) is 0 Å². The molecule has 6 heteroatoms. The second-order valence-electron chi connectivity index (χ2n) is 2.03. The minimum absolute atomic E-state index is 0.464. The van der Waals surface area contributed by atoms with Gasteiger partial charge in [0.25, 0.3) is 0 Å². The number of azo groups is 1. The number of nitrogens with one attached hydrogen (secondary N) is 2. The van der Waals surface area contributed by atoms with Crippen molar-refractivity contribution < 1.29 is 0 Å². The van der Waals surface area contributed by atoms with Gasteiger partial charge in [-0.25, -0.2) is 9.97 Å². The maximum Gasteiger partial charge on any atom is 0.246 e. The van der Waals surface area contributed by atoms with Crippen LogP contribution in [0.15, 0.2) is 35.0 Å². The van der Waals surface area contributed by atoms with Gasteiger partial charge in [0, 0.05) is 24.8 Å². The van der Waals surface area contributed by atoms with Gasteiger partial charge in [-0.2, -0.15) is 0 Å². The second-order valence-corrected chi connectivity index (χ2v) is 2.03. The summed E-state index contributed by atoms with van der Waals surface area (Å²) in [5.41, 5.74) is 0. The van der Waals surface area contributed by atoms with Crippen molar-refractivity contribution in [2.24, 2.45) is 10.2 Å². The van der Waals surface area contributed by atoms with Gasteiger partial charge >= 0.3 is 0 Å². The van der Waals surface area contributed by atoms with Gasteiger partial charge in [0.2, 0.25) is 11.9 Å². The Balaban J connectivity index is 2.14. The fourth-order valence-electron chi connectivity index (χ4n) is 0.718. The van der Waals surface area contributed by atoms with Crippen LogP contribution in [-0.2, 0) is 0 Å². The Morgan fingerprint density at radius 2 is 1.42 bits per heavy atom. The quantitative estimate of drug-likeness (QED) is 0.656. The summed E-state index contributed by atoms with van der Waals surface area (Å²) in [5, 5.41) is 7.55. The van der Waals surface area contributed by atoms with Crippen LogP contribution in [0.2, 0.25) is 0 Å². The Kier molecular flexibility index (Phi) is 1.65. The highest BCUT2D eigenvalue weighted by Gasteiger charge is 1.90. The molecule has 0 aromatic carbocycles. The standard InChI is InChI=1S/C6H6N6/c1-2-8-5(7-1)11-12-6-9-3-4-10-6/h1-4H,(H,7,8)(H,9,10)/b12-11+. The summed E-state index contributed by atoms with van der Waals surface area (Å²) in [5.74, 6) is 0.929. The van der Waals surface area contributed by atoms with Crippen molar-refractivity contribution >= 4 is 11.9 Å². The SMILES string of the molecule is c1c[nH]c(/N=N/c2ncc[nH]2)n1. The highest BCUT2D eigenvalue weighted by molar-refractivity contribution is 5.16. The van der Waals surface area contributed by atoms with Crippen LogP contribution in [0.3, 0.4) is 0 Å². The van der Waals surface area contributed by atoms with E-state index in [-0.39, 0.29) is 0 Å². The van der Waals surface area contributed by atoms with E-state index in [1.165, 1.54) is 0 Å². The summed E-state index contributed by atoms with van der Waals surface area (Å²) in [6.07, 6.45) is 6.57. The number of nitrogens with zero attached hydrogens (tertiary/aromatic N) is 4. The first kappa shape index (κ1) is 6.71. The monoisotopic (exact) mass is 162 g/mol. The van der Waals surface area contributed by atoms with E-state index in [0.717, 1.165) is 0 Å². The number of imidazole rings is 2. The zero-order valence-electron chi connectivity index (χ0n) is 6.10. The zero-order chi connectivity index (χ0) is 8.23. The van der Waals surface area contributed by atoms with Crippen LogP contribution < -0.4 is 0 Å². The molecule has 0 aliphatic carbocycles. The zero-order valence-corrected chi connectivity index (χ0v) is 6.10. The molecule has 0 amide bonds. The van der Waals surface area contributed by atoms with Crippen molar-refractivity contribution in [1.82, 2.24) is 19.9 Å². The normalized spacial score (nSPS) is 11.0. The van der Waals surface area contributed by atoms with Crippen LogP contribution in [0.25, 0.3) is 0 Å². The number of aromatic amines is 2. The summed E-state index contributed by atoms with van der Waals surface area (Å²) in [4.78, 5) is 13.3. The van der Waals surface area contributed by atoms with Crippen LogP contribution in [0.5, 0.6) is 0 Å². The predicted octanol–water partition coefficient (Wildman–Crippen LogP) is 1.55. The lowest BCUT2D eigenvalue weighted by molar-refractivity contribution is 1.07. The molecule has 0 aliphatic heterocycles. The lowest BCUT2D eigenvalue weighted by atomic mass is 11.0. The molecule has 12 heavy (non-hydrogen) atoms. The topological polar surface area (TPSA) is 82.1 Å². The summed E-state index contributed by atoms with van der Waals surface area (Å²) in [6.45, 7) is 0. The van der Waals surface area contributed by atoms with E-state index < -0.39 is 0 Å². The molecule has 2 rings (SSSR count). The average Bonchev–Trinajstić information content (AvgIpc) is 2.74. The van der Waals surface area contributed by atoms with E-state index in [1.807, 2.05) is 0 Å². The van der Waals surface area contributed by atoms with Crippen molar-refractivity contribution in [3.63, 3.8) is 0 Å². The molecule has 6 nitrogen and oxygen atoms in total. The third kappa shape index (κ3) is 1.36. The first-order chi connectivity index (χ1) is 5.95. The van der Waals surface area contributed by atoms with E-state index in [1.54, 1.807) is 24.8 Å². The molecule has 0 unspecified atom stereocenters. The minimum atomic E-state index is 0.464. The molecule has 0 bridgehead atoms. The van der Waals surface area contributed by atoms with Crippen molar-refractivity contribution in [2.45, 2.75) is 0 Å². The summed E-state index contributed by atoms with van der Waals surface area (Å²) in [6, 6.07) is 0. The Bertz CT molecular complexity index is 309. The molecule has 0 saturated heterocycles. The molecule has 0 atom stereocenters. The molecule has 2 aromatic heterocycles. The first-order valence-corrected chi connectivity index (χ1v) is 3.35. The number of hydrogen-bond donors (Lipinski definition) is 2. The van der Waals surface area contributed by atoms with Crippen molar-refractivity contribution in [1.29, 1.82) is 0 Å². The summed E-state index contributed by atoms with van der Waals surface area (Å²) in [7, 11) is 0. The lowest BCUT2D eigenvalue weighted by Crippen LogP contribution is -1.66. The van der Waals surface area contributed by atoms with Crippen LogP contribution in [0.4, 0.5) is 11.9 Å². The van der Waals surface area contributed by atoms with Gasteiger partial charge in [-0.3, -0.25) is 0 Å². The van der Waals surface area contributed by atoms with Crippen molar-refractivity contribution in [2.75, 3.05) is 0 Å². The van der Waals surface area contributed by atoms with Gasteiger partial charge in [-0.05, 0) is 0 Å². The Labute approximate surface area is 67.8 Å². The van der Waals surface area contributed by atoms with E-state index >= 15 is 0 Å². The van der Waals surface area contributed by atoms with E-state index in [4.69, 9.17) is 0 Å². The van der Waals surface area contributed by atoms with Crippen LogP contribution in [-0.4, -0.2) is 19.9 Å². The Morgan fingerprint density at radius 1 is 0.917 bits per heavy atom. The minimum Gasteiger partial charge on any atom is -0.328 e. The largest absolute Gasteiger partial charge is 0.328 e. The second kappa shape index (κ2) is 2.95. The molecule has 0 radical (unpaired) electrons. The van der Waals surface area contributed by atoms with Crippen LogP contribution in [0, 0.1) is 0 Å². The summed E-state index contributed by atoms with van der Waals surface area (Å²) >= 11 is 0. The molecule has 2 heterocycles. The highest BCUT2D eigenvalue weighted by atomic mass is 15.3. The fraction of sp³-hybridized carbons (Fsp3) is 0. The highest BCUT2D eigenvalue weighted by Crippen LogP contribution is 2.07. The number of H-pyrrole nitrogens is 2. The predicted molar refractivity (Wildman–Crippen MR) is 41.4 cm³/mol. The van der Waals surface area contributed by atoms with Crippen molar-refractivity contribution in [3.05, 3.63) is 24.8 Å². The molecule has 2 N–H and O–H groups in total. The molecule has 0 fully saturated rings. The van der Waals surface area contributed by atoms with Gasteiger partial charge in [0.05, 0.1) is 0 Å². The summed E-state index contributed by atoms with van der Waals surface area (Å²) < 4.78 is 0. The molecule has 60 valence electrons. The Morgan fingerprint density at radius 3 is 1.75 bits per heavy atom. The van der Waals surface area contributed by atoms with Gasteiger partial charge in [0.1, 0.15) is 0 Å². The Hall–Kier alpha value is -1.98. The lowest BCUT2D eigenvalue weighted by Gasteiger charge is -1.80. The van der Waals surface area contributed by atoms with Crippen LogP contribution >= 0.6 is 0 Å². The third-order valence-electron chi connectivity index (χ3n) is 1.21. The first-order valence-electron chi connectivity index (χ1n) is 3.35. The fourth-order valence-corrected chi connectivity index (χ4v) is 0.718. The van der Waals surface area contributed by atoms with Gasteiger partial charge in [0.15, 0.2) is 0 Å². The molecular weight excluding hydrogens is 156 g/mol. The molecular formula is C6H6N6. The van der Waals surface area contributed by atoms with Gasteiger partial charge in [-0.15, -0.1) is 10.2 Å². The van der Waals surface area contributed by atoms with E-state index in [0.29, 0.717) is 11.9 Å². The number of aromatic nitrogens is 4. The molecule has 0 spiro atoms. The maximum absolute atomic E-state index is 3.86. The molecule has 0 saturated carbocycles. The smallest absolute Gasteiger partial charge is 0.246 e. The van der Waals surface area contributed by atoms with Gasteiger partial charge < -0.3 is 9.97 Å². The van der Waals surface area contributed by atoms with Crippen molar-refractivity contribution in [3.8, 4) is 0 Å². The molecule has 0 aliphatic rings. The maximum atomic E-state index is 3.86. The van der Waals surface area contributed by atoms with E-state index in [9.17, 15) is 0 Å². The average molecular weight is 162 g/mol. The van der Waals surface area contributed by atoms with E-state index in [2.05, 4.69) is 30.2 Å². The van der Waals surface area contributed by atoms with Gasteiger partial charge in [-0.1, -0.05) is 0 Å². The number of rotatable bonds is 2. The number of hydrogen-bond acceptors (Lipinski definition) is 4.